The van der Waals surface area contributed by atoms with Gasteiger partial charge in [-0.15, -0.1) is 0 Å². The average Bonchev–Trinajstić information content (AvgIpc) is 2.97. The summed E-state index contributed by atoms with van der Waals surface area (Å²) >= 11 is 6.10. The highest BCUT2D eigenvalue weighted by Gasteiger charge is 2.29. The van der Waals surface area contributed by atoms with Crippen LogP contribution < -0.4 is 5.32 Å². The van der Waals surface area contributed by atoms with Crippen LogP contribution in [0.2, 0.25) is 5.02 Å². The number of rotatable bonds is 5. The number of benzene rings is 1. The molecule has 1 aromatic heterocycles. The second kappa shape index (κ2) is 7.38. The fourth-order valence-electron chi connectivity index (χ4n) is 2.86. The highest BCUT2D eigenvalue weighted by molar-refractivity contribution is 6.31. The molecule has 0 amide bonds. The normalized spacial score (nSPS) is 17.3. The molecule has 0 aliphatic carbocycles. The van der Waals surface area contributed by atoms with E-state index in [1.165, 1.54) is 6.07 Å². The second-order valence-corrected chi connectivity index (χ2v) is 6.10. The summed E-state index contributed by atoms with van der Waals surface area (Å²) in [5.74, 6) is 1.09. The lowest BCUT2D eigenvalue weighted by Crippen LogP contribution is -2.32. The zero-order valence-corrected chi connectivity index (χ0v) is 13.6. The van der Waals surface area contributed by atoms with Crippen LogP contribution in [0, 0.1) is 18.7 Å². The molecule has 1 aliphatic rings. The van der Waals surface area contributed by atoms with Gasteiger partial charge in [-0.3, -0.25) is 0 Å². The van der Waals surface area contributed by atoms with Gasteiger partial charge in [0.1, 0.15) is 5.82 Å². The van der Waals surface area contributed by atoms with E-state index in [1.54, 1.807) is 19.1 Å². The number of aromatic nitrogens is 2. The van der Waals surface area contributed by atoms with Crippen LogP contribution in [0.15, 0.2) is 22.7 Å². The van der Waals surface area contributed by atoms with Crippen molar-refractivity contribution in [3.63, 3.8) is 0 Å². The van der Waals surface area contributed by atoms with Crippen molar-refractivity contribution in [3.05, 3.63) is 46.3 Å². The van der Waals surface area contributed by atoms with E-state index in [0.29, 0.717) is 48.0 Å². The predicted octanol–water partition coefficient (Wildman–Crippen LogP) is 3.43. The van der Waals surface area contributed by atoms with Gasteiger partial charge in [0, 0.05) is 30.3 Å². The van der Waals surface area contributed by atoms with Crippen LogP contribution >= 0.6 is 11.6 Å². The molecule has 0 bridgehead atoms. The van der Waals surface area contributed by atoms with Gasteiger partial charge in [0.05, 0.1) is 6.04 Å². The fraction of sp³-hybridized carbons (Fsp3) is 0.500. The highest BCUT2D eigenvalue weighted by atomic mass is 35.5. The molecule has 23 heavy (non-hydrogen) atoms. The largest absolute Gasteiger partial charge is 0.381 e. The monoisotopic (exact) mass is 339 g/mol. The number of nitrogens with one attached hydrogen (secondary N) is 1. The van der Waals surface area contributed by atoms with Crippen LogP contribution in [-0.4, -0.2) is 23.4 Å². The minimum Gasteiger partial charge on any atom is -0.381 e. The standard InChI is InChI=1S/C16H19ClFN3O2/c1-10-20-16(23-21-10)15(11-5-7-22-8-6-11)19-9-12-13(17)3-2-4-14(12)18/h2-4,11,15,19H,5-9H2,1H3/t15-/m0/s1. The summed E-state index contributed by atoms with van der Waals surface area (Å²) in [6.07, 6.45) is 1.79. The maximum absolute atomic E-state index is 14.0. The molecule has 0 saturated carbocycles. The zero-order valence-electron chi connectivity index (χ0n) is 12.9. The molecule has 1 aliphatic heterocycles. The first kappa shape index (κ1) is 16.4. The van der Waals surface area contributed by atoms with Gasteiger partial charge in [-0.2, -0.15) is 4.98 Å². The van der Waals surface area contributed by atoms with Crippen LogP contribution in [-0.2, 0) is 11.3 Å². The maximum Gasteiger partial charge on any atom is 0.244 e. The Morgan fingerprint density at radius 3 is 2.83 bits per heavy atom. The smallest absolute Gasteiger partial charge is 0.244 e. The van der Waals surface area contributed by atoms with Crippen LogP contribution in [0.4, 0.5) is 4.39 Å². The SMILES string of the molecule is Cc1noc([C@@H](NCc2c(F)cccc2Cl)C2CCOCC2)n1. The minimum atomic E-state index is -0.322. The summed E-state index contributed by atoms with van der Waals surface area (Å²) < 4.78 is 24.7. The second-order valence-electron chi connectivity index (χ2n) is 5.69. The molecule has 1 aromatic carbocycles. The Hall–Kier alpha value is -1.50. The van der Waals surface area contributed by atoms with E-state index in [0.717, 1.165) is 12.8 Å². The van der Waals surface area contributed by atoms with Crippen LogP contribution in [0.25, 0.3) is 0 Å². The topological polar surface area (TPSA) is 60.2 Å². The quantitative estimate of drug-likeness (QED) is 0.904. The van der Waals surface area contributed by atoms with Crippen molar-refractivity contribution in [1.29, 1.82) is 0 Å². The van der Waals surface area contributed by atoms with Crippen molar-refractivity contribution in [2.24, 2.45) is 5.92 Å². The van der Waals surface area contributed by atoms with Crippen molar-refractivity contribution in [2.45, 2.75) is 32.4 Å². The van der Waals surface area contributed by atoms with Crippen molar-refractivity contribution in [2.75, 3.05) is 13.2 Å². The Kier molecular flexibility index (Phi) is 5.25. The molecule has 3 rings (SSSR count). The van der Waals surface area contributed by atoms with Crippen molar-refractivity contribution >= 4 is 11.6 Å². The lowest BCUT2D eigenvalue weighted by Gasteiger charge is -2.28. The van der Waals surface area contributed by atoms with Crippen LogP contribution in [0.3, 0.4) is 0 Å². The highest BCUT2D eigenvalue weighted by Crippen LogP contribution is 2.30. The Balaban J connectivity index is 1.78. The summed E-state index contributed by atoms with van der Waals surface area (Å²) in [6, 6.07) is 4.54. The van der Waals surface area contributed by atoms with Gasteiger partial charge in [-0.1, -0.05) is 22.8 Å². The van der Waals surface area contributed by atoms with Gasteiger partial charge < -0.3 is 14.6 Å². The van der Waals surface area contributed by atoms with E-state index in [2.05, 4.69) is 15.5 Å². The van der Waals surface area contributed by atoms with E-state index in [1.807, 2.05) is 0 Å². The Morgan fingerprint density at radius 1 is 1.39 bits per heavy atom. The molecule has 7 heteroatoms. The third-order valence-corrected chi connectivity index (χ3v) is 4.46. The summed E-state index contributed by atoms with van der Waals surface area (Å²) in [5.41, 5.74) is 0.447. The van der Waals surface area contributed by atoms with Gasteiger partial charge in [0.15, 0.2) is 5.82 Å². The number of ether oxygens (including phenoxy) is 1. The van der Waals surface area contributed by atoms with E-state index in [-0.39, 0.29) is 11.9 Å². The van der Waals surface area contributed by atoms with Gasteiger partial charge in [0.2, 0.25) is 5.89 Å². The van der Waals surface area contributed by atoms with Gasteiger partial charge >= 0.3 is 0 Å². The third kappa shape index (κ3) is 3.88. The Bertz CT molecular complexity index is 638. The summed E-state index contributed by atoms with van der Waals surface area (Å²) in [4.78, 5) is 4.34. The first-order chi connectivity index (χ1) is 11.1. The van der Waals surface area contributed by atoms with Crippen LogP contribution in [0.1, 0.15) is 36.2 Å². The number of hydrogen-bond donors (Lipinski definition) is 1. The molecule has 5 nitrogen and oxygen atoms in total. The lowest BCUT2D eigenvalue weighted by molar-refractivity contribution is 0.0485. The number of nitrogens with zero attached hydrogens (tertiary/aromatic N) is 2. The summed E-state index contributed by atoms with van der Waals surface area (Å²) in [7, 11) is 0. The van der Waals surface area contributed by atoms with E-state index in [4.69, 9.17) is 20.9 Å². The van der Waals surface area contributed by atoms with E-state index in [9.17, 15) is 4.39 Å². The fourth-order valence-corrected chi connectivity index (χ4v) is 3.09. The van der Waals surface area contributed by atoms with Crippen molar-refractivity contribution in [1.82, 2.24) is 15.5 Å². The zero-order chi connectivity index (χ0) is 16.2. The lowest BCUT2D eigenvalue weighted by atomic mass is 9.91. The number of halogens is 2. The molecule has 0 spiro atoms. The molecule has 1 fully saturated rings. The summed E-state index contributed by atoms with van der Waals surface area (Å²) in [6.45, 7) is 3.49. The molecule has 2 aromatic rings. The van der Waals surface area contributed by atoms with Crippen molar-refractivity contribution < 1.29 is 13.7 Å². The number of aryl methyl sites for hydroxylation is 1. The molecule has 2 heterocycles. The van der Waals surface area contributed by atoms with Crippen molar-refractivity contribution in [3.8, 4) is 0 Å². The Labute approximate surface area is 139 Å². The first-order valence-corrected chi connectivity index (χ1v) is 8.07. The molecule has 0 unspecified atom stereocenters. The molecular weight excluding hydrogens is 321 g/mol. The predicted molar refractivity (Wildman–Crippen MR) is 83.6 cm³/mol. The molecule has 0 radical (unpaired) electrons. The summed E-state index contributed by atoms with van der Waals surface area (Å²) in [5, 5.41) is 7.61. The molecule has 1 atom stereocenters. The third-order valence-electron chi connectivity index (χ3n) is 4.11. The molecule has 1 N–H and O–H groups in total. The average molecular weight is 340 g/mol. The minimum absolute atomic E-state index is 0.143. The molecular formula is C16H19ClFN3O2. The van der Waals surface area contributed by atoms with E-state index >= 15 is 0 Å². The molecule has 124 valence electrons. The van der Waals surface area contributed by atoms with Gasteiger partial charge in [-0.25, -0.2) is 4.39 Å². The van der Waals surface area contributed by atoms with Gasteiger partial charge in [0.25, 0.3) is 0 Å². The van der Waals surface area contributed by atoms with Gasteiger partial charge in [-0.05, 0) is 37.8 Å². The van der Waals surface area contributed by atoms with Crippen LogP contribution in [0.5, 0.6) is 0 Å². The molecule has 1 saturated heterocycles. The van der Waals surface area contributed by atoms with E-state index < -0.39 is 0 Å². The number of hydrogen-bond acceptors (Lipinski definition) is 5. The Morgan fingerprint density at radius 2 is 2.17 bits per heavy atom. The maximum atomic E-state index is 14.0. The first-order valence-electron chi connectivity index (χ1n) is 7.69.